The van der Waals surface area contributed by atoms with Gasteiger partial charge in [0.2, 0.25) is 0 Å². The molecule has 0 saturated carbocycles. The minimum atomic E-state index is -1.11. The Kier molecular flexibility index (Phi) is 2.54. The molecule has 0 aliphatic rings. The molecule has 5 nitrogen and oxygen atoms in total. The molecule has 0 spiro atoms. The van der Waals surface area contributed by atoms with E-state index in [-0.39, 0.29) is 17.0 Å². The van der Waals surface area contributed by atoms with Gasteiger partial charge in [-0.2, -0.15) is 5.10 Å². The van der Waals surface area contributed by atoms with Crippen LogP contribution in [-0.4, -0.2) is 26.4 Å². The number of phenolic OH excluding ortho intramolecular Hbond substituents is 1. The average molecular weight is 239 g/mol. The van der Waals surface area contributed by atoms with Crippen LogP contribution in [-0.2, 0) is 0 Å². The summed E-state index contributed by atoms with van der Waals surface area (Å²) >= 11 is 5.68. The zero-order valence-corrected chi connectivity index (χ0v) is 8.69. The van der Waals surface area contributed by atoms with E-state index in [1.54, 1.807) is 6.07 Å². The lowest BCUT2D eigenvalue weighted by Crippen LogP contribution is -1.96. The van der Waals surface area contributed by atoms with Crippen molar-refractivity contribution in [2.45, 2.75) is 0 Å². The fourth-order valence-electron chi connectivity index (χ4n) is 1.37. The molecule has 1 heterocycles. The minimum Gasteiger partial charge on any atom is -0.507 e. The van der Waals surface area contributed by atoms with Crippen LogP contribution >= 0.6 is 11.6 Å². The number of benzene rings is 1. The third-order valence-corrected chi connectivity index (χ3v) is 2.33. The van der Waals surface area contributed by atoms with Gasteiger partial charge in [0, 0.05) is 10.6 Å². The molecule has 0 unspecified atom stereocenters. The topological polar surface area (TPSA) is 86.2 Å². The summed E-state index contributed by atoms with van der Waals surface area (Å²) in [6, 6.07) is 4.42. The number of phenols is 1. The van der Waals surface area contributed by atoms with Gasteiger partial charge in [-0.05, 0) is 18.2 Å². The van der Waals surface area contributed by atoms with Gasteiger partial charge in [0.15, 0.2) is 0 Å². The molecule has 6 heteroatoms. The second kappa shape index (κ2) is 3.86. The lowest BCUT2D eigenvalue weighted by Gasteiger charge is -2.03. The van der Waals surface area contributed by atoms with Crippen molar-refractivity contribution in [1.29, 1.82) is 0 Å². The second-order valence-electron chi connectivity index (χ2n) is 3.13. The molecule has 0 fully saturated rings. The van der Waals surface area contributed by atoms with E-state index < -0.39 is 5.97 Å². The van der Waals surface area contributed by atoms with Gasteiger partial charge in [-0.25, -0.2) is 4.79 Å². The van der Waals surface area contributed by atoms with Crippen LogP contribution in [0.4, 0.5) is 0 Å². The maximum atomic E-state index is 10.9. The molecule has 2 aromatic rings. The standard InChI is InChI=1S/C10H7ClN2O3/c11-5-1-2-6(8(14)3-5)9-7(10(15)16)4-12-13-9/h1-4,14H,(H,12,13)(H,15,16). The van der Waals surface area contributed by atoms with E-state index in [0.717, 1.165) is 0 Å². The van der Waals surface area contributed by atoms with E-state index in [1.807, 2.05) is 0 Å². The number of aromatic nitrogens is 2. The van der Waals surface area contributed by atoms with E-state index >= 15 is 0 Å². The minimum absolute atomic E-state index is 0.00220. The van der Waals surface area contributed by atoms with E-state index in [0.29, 0.717) is 10.6 Å². The van der Waals surface area contributed by atoms with E-state index in [4.69, 9.17) is 16.7 Å². The van der Waals surface area contributed by atoms with Crippen LogP contribution in [0.5, 0.6) is 5.75 Å². The normalized spacial score (nSPS) is 10.3. The fraction of sp³-hybridized carbons (Fsp3) is 0. The monoisotopic (exact) mass is 238 g/mol. The van der Waals surface area contributed by atoms with Crippen LogP contribution < -0.4 is 0 Å². The summed E-state index contributed by atoms with van der Waals surface area (Å²) in [5, 5.41) is 25.1. The first-order valence-electron chi connectivity index (χ1n) is 4.35. The van der Waals surface area contributed by atoms with Crippen LogP contribution in [0.1, 0.15) is 10.4 Å². The van der Waals surface area contributed by atoms with Crippen molar-refractivity contribution in [2.24, 2.45) is 0 Å². The lowest BCUT2D eigenvalue weighted by molar-refractivity contribution is 0.0698. The molecule has 16 heavy (non-hydrogen) atoms. The van der Waals surface area contributed by atoms with Crippen molar-refractivity contribution < 1.29 is 15.0 Å². The molecule has 2 rings (SSSR count). The highest BCUT2D eigenvalue weighted by Gasteiger charge is 2.16. The number of hydrogen-bond donors (Lipinski definition) is 3. The Morgan fingerprint density at radius 3 is 2.81 bits per heavy atom. The molecule has 1 aromatic heterocycles. The SMILES string of the molecule is O=C(O)c1cn[nH]c1-c1ccc(Cl)cc1O. The molecule has 0 bridgehead atoms. The third kappa shape index (κ3) is 1.72. The third-order valence-electron chi connectivity index (χ3n) is 2.10. The van der Waals surface area contributed by atoms with Crippen LogP contribution in [0.25, 0.3) is 11.3 Å². The predicted octanol–water partition coefficient (Wildman–Crippen LogP) is 2.13. The summed E-state index contributed by atoms with van der Waals surface area (Å²) in [5.74, 6) is -1.21. The second-order valence-corrected chi connectivity index (χ2v) is 3.56. The van der Waals surface area contributed by atoms with Gasteiger partial charge in [0.25, 0.3) is 0 Å². The number of carbonyl (C=O) groups is 1. The van der Waals surface area contributed by atoms with Crippen LogP contribution in [0.3, 0.4) is 0 Å². The maximum absolute atomic E-state index is 10.9. The van der Waals surface area contributed by atoms with E-state index in [1.165, 1.54) is 18.3 Å². The Hall–Kier alpha value is -2.01. The van der Waals surface area contributed by atoms with Gasteiger partial charge < -0.3 is 10.2 Å². The van der Waals surface area contributed by atoms with Crippen LogP contribution in [0.2, 0.25) is 5.02 Å². The smallest absolute Gasteiger partial charge is 0.339 e. The van der Waals surface area contributed by atoms with Gasteiger partial charge in [-0.1, -0.05) is 11.6 Å². The van der Waals surface area contributed by atoms with Crippen molar-refractivity contribution in [1.82, 2.24) is 10.2 Å². The average Bonchev–Trinajstić information content (AvgIpc) is 2.66. The number of carboxylic acid groups (broad SMARTS) is 1. The Labute approximate surface area is 95.3 Å². The molecule has 0 radical (unpaired) electrons. The largest absolute Gasteiger partial charge is 0.507 e. The summed E-state index contributed by atoms with van der Waals surface area (Å²) in [7, 11) is 0. The number of nitrogens with one attached hydrogen (secondary N) is 1. The summed E-state index contributed by atoms with van der Waals surface area (Å²) in [5.41, 5.74) is 0.596. The first-order valence-corrected chi connectivity index (χ1v) is 4.73. The van der Waals surface area contributed by atoms with Gasteiger partial charge in [0.05, 0.1) is 11.9 Å². The number of hydrogen-bond acceptors (Lipinski definition) is 3. The predicted molar refractivity (Wildman–Crippen MR) is 57.7 cm³/mol. The Morgan fingerprint density at radius 2 is 2.19 bits per heavy atom. The number of aromatic amines is 1. The van der Waals surface area contributed by atoms with Gasteiger partial charge >= 0.3 is 5.97 Å². The highest BCUT2D eigenvalue weighted by Crippen LogP contribution is 2.31. The zero-order valence-electron chi connectivity index (χ0n) is 7.94. The van der Waals surface area contributed by atoms with Crippen molar-refractivity contribution in [2.75, 3.05) is 0 Å². The van der Waals surface area contributed by atoms with Crippen molar-refractivity contribution in [3.8, 4) is 17.0 Å². The highest BCUT2D eigenvalue weighted by molar-refractivity contribution is 6.30. The van der Waals surface area contributed by atoms with Crippen LogP contribution in [0, 0.1) is 0 Å². The molecule has 1 aromatic carbocycles. The van der Waals surface area contributed by atoms with Gasteiger partial charge in [0.1, 0.15) is 11.3 Å². The van der Waals surface area contributed by atoms with Crippen molar-refractivity contribution >= 4 is 17.6 Å². The van der Waals surface area contributed by atoms with Crippen molar-refractivity contribution in [3.63, 3.8) is 0 Å². The van der Waals surface area contributed by atoms with Gasteiger partial charge in [-0.3, -0.25) is 5.10 Å². The summed E-state index contributed by atoms with van der Waals surface area (Å²) < 4.78 is 0. The summed E-state index contributed by atoms with van der Waals surface area (Å²) in [6.45, 7) is 0. The van der Waals surface area contributed by atoms with E-state index in [9.17, 15) is 9.90 Å². The number of carboxylic acids is 1. The Balaban J connectivity index is 2.59. The molecule has 0 saturated heterocycles. The number of H-pyrrole nitrogens is 1. The molecular formula is C10H7ClN2O3. The summed E-state index contributed by atoms with van der Waals surface area (Å²) in [6.07, 6.45) is 1.19. The highest BCUT2D eigenvalue weighted by atomic mass is 35.5. The number of rotatable bonds is 2. The van der Waals surface area contributed by atoms with E-state index in [2.05, 4.69) is 10.2 Å². The first kappa shape index (κ1) is 10.5. The van der Waals surface area contributed by atoms with Crippen molar-refractivity contribution in [3.05, 3.63) is 35.0 Å². The van der Waals surface area contributed by atoms with Crippen LogP contribution in [0.15, 0.2) is 24.4 Å². The number of halogens is 1. The number of nitrogens with zero attached hydrogens (tertiary/aromatic N) is 1. The lowest BCUT2D eigenvalue weighted by atomic mass is 10.1. The summed E-state index contributed by atoms with van der Waals surface area (Å²) in [4.78, 5) is 10.9. The van der Waals surface area contributed by atoms with Gasteiger partial charge in [-0.15, -0.1) is 0 Å². The Bertz CT molecular complexity index is 551. The Morgan fingerprint density at radius 1 is 1.44 bits per heavy atom. The first-order chi connectivity index (χ1) is 7.59. The molecule has 82 valence electrons. The maximum Gasteiger partial charge on any atom is 0.339 e. The fourth-order valence-corrected chi connectivity index (χ4v) is 1.54. The molecule has 0 aliphatic heterocycles. The zero-order chi connectivity index (χ0) is 11.7. The molecular weight excluding hydrogens is 232 g/mol. The molecule has 0 amide bonds. The quantitative estimate of drug-likeness (QED) is 0.748. The molecule has 0 atom stereocenters. The molecule has 3 N–H and O–H groups in total. The number of aromatic hydroxyl groups is 1. The molecule has 0 aliphatic carbocycles. The number of aromatic carboxylic acids is 1.